The van der Waals surface area contributed by atoms with Gasteiger partial charge in [-0.15, -0.1) is 0 Å². The molecule has 3 aromatic rings. The number of aromatic nitrogens is 2. The monoisotopic (exact) mass is 297 g/mol. The third kappa shape index (κ3) is 2.24. The molecule has 2 aromatic carbocycles. The highest BCUT2D eigenvalue weighted by atomic mass is 19.1. The van der Waals surface area contributed by atoms with Crippen LogP contribution in [-0.4, -0.2) is 14.9 Å². The number of benzene rings is 2. The third-order valence-electron chi connectivity index (χ3n) is 3.69. The highest BCUT2D eigenvalue weighted by Crippen LogP contribution is 2.29. The lowest BCUT2D eigenvalue weighted by Gasteiger charge is -2.13. The second-order valence-corrected chi connectivity index (χ2v) is 5.50. The summed E-state index contributed by atoms with van der Waals surface area (Å²) in [6, 6.07) is 12.0. The van der Waals surface area contributed by atoms with Gasteiger partial charge in [-0.1, -0.05) is 38.1 Å². The van der Waals surface area contributed by atoms with Crippen LogP contribution in [0.4, 0.5) is 4.39 Å². The lowest BCUT2D eigenvalue weighted by Crippen LogP contribution is -2.25. The summed E-state index contributed by atoms with van der Waals surface area (Å²) in [5.41, 5.74) is 1.64. The van der Waals surface area contributed by atoms with E-state index in [2.05, 4.69) is 4.98 Å². The van der Waals surface area contributed by atoms with Gasteiger partial charge in [0.05, 0.1) is 11.4 Å². The molecule has 0 fully saturated rings. The number of nitrogens with zero attached hydrogens (tertiary/aromatic N) is 2. The van der Waals surface area contributed by atoms with E-state index in [4.69, 9.17) is 5.41 Å². The van der Waals surface area contributed by atoms with Crippen LogP contribution in [0.5, 0.6) is 0 Å². The van der Waals surface area contributed by atoms with Gasteiger partial charge in [0.25, 0.3) is 5.62 Å². The Hall–Kier alpha value is -2.69. The first-order chi connectivity index (χ1) is 10.5. The molecule has 0 bridgehead atoms. The Bertz CT molecular complexity index is 915. The van der Waals surface area contributed by atoms with E-state index in [1.165, 1.54) is 6.07 Å². The average molecular weight is 297 g/mol. The third-order valence-corrected chi connectivity index (χ3v) is 3.69. The van der Waals surface area contributed by atoms with Crippen LogP contribution < -0.4 is 5.62 Å². The molecule has 0 aliphatic heterocycles. The van der Waals surface area contributed by atoms with Crippen molar-refractivity contribution in [2.24, 2.45) is 0 Å². The largest absolute Gasteiger partial charge is 0.425 e. The Labute approximate surface area is 127 Å². The van der Waals surface area contributed by atoms with Crippen LogP contribution in [0.2, 0.25) is 0 Å². The fourth-order valence-corrected chi connectivity index (χ4v) is 2.55. The van der Waals surface area contributed by atoms with Crippen LogP contribution in [0.1, 0.15) is 25.5 Å². The summed E-state index contributed by atoms with van der Waals surface area (Å²) in [6.07, 6.45) is 0. The maximum atomic E-state index is 13.9. The minimum absolute atomic E-state index is 0.0302. The number of hydrogen-bond acceptors (Lipinski definition) is 3. The topological polar surface area (TPSA) is 61.9 Å². The molecule has 0 atom stereocenters. The average Bonchev–Trinajstić information content (AvgIpc) is 2.50. The fourth-order valence-electron chi connectivity index (χ4n) is 2.55. The minimum atomic E-state index is -0.289. The first kappa shape index (κ1) is 14.3. The maximum absolute atomic E-state index is 13.9. The molecule has 5 heteroatoms. The van der Waals surface area contributed by atoms with Crippen LogP contribution in [0, 0.1) is 11.2 Å². The minimum Gasteiger partial charge on any atom is -0.425 e. The second-order valence-electron chi connectivity index (χ2n) is 5.50. The molecule has 2 N–H and O–H groups in total. The van der Waals surface area contributed by atoms with Crippen LogP contribution in [0.3, 0.4) is 0 Å². The van der Waals surface area contributed by atoms with E-state index in [1.807, 2.05) is 26.0 Å². The summed E-state index contributed by atoms with van der Waals surface area (Å²) < 4.78 is 14.7. The van der Waals surface area contributed by atoms with E-state index < -0.39 is 0 Å². The number of rotatable bonds is 2. The summed E-state index contributed by atoms with van der Waals surface area (Å²) in [4.78, 5) is 4.12. The number of fused-ring (bicyclic) bond motifs is 1. The van der Waals surface area contributed by atoms with Gasteiger partial charge in [-0.3, -0.25) is 5.41 Å². The molecule has 0 unspecified atom stereocenters. The summed E-state index contributed by atoms with van der Waals surface area (Å²) in [6.45, 7) is 3.85. The van der Waals surface area contributed by atoms with Crippen LogP contribution in [-0.2, 0) is 0 Å². The van der Waals surface area contributed by atoms with Gasteiger partial charge in [0, 0.05) is 10.9 Å². The van der Waals surface area contributed by atoms with Crippen molar-refractivity contribution in [2.45, 2.75) is 19.8 Å². The molecule has 1 heterocycles. The zero-order valence-corrected chi connectivity index (χ0v) is 12.3. The van der Waals surface area contributed by atoms with E-state index in [9.17, 15) is 9.60 Å². The molecule has 0 saturated carbocycles. The highest BCUT2D eigenvalue weighted by molar-refractivity contribution is 5.96. The lowest BCUT2D eigenvalue weighted by molar-refractivity contribution is 0.153. The molecule has 0 aliphatic carbocycles. The van der Waals surface area contributed by atoms with E-state index >= 15 is 0 Å². The molecule has 0 saturated heterocycles. The summed E-state index contributed by atoms with van der Waals surface area (Å²) >= 11 is 0. The zero-order chi connectivity index (χ0) is 15.9. The normalized spacial score (nSPS) is 11.3. The van der Waals surface area contributed by atoms with Gasteiger partial charge in [0.15, 0.2) is 0 Å². The Morgan fingerprint density at radius 3 is 2.50 bits per heavy atom. The summed E-state index contributed by atoms with van der Waals surface area (Å²) in [5.74, 6) is -0.259. The van der Waals surface area contributed by atoms with Gasteiger partial charge >= 0.3 is 0 Å². The van der Waals surface area contributed by atoms with Crippen molar-refractivity contribution in [3.63, 3.8) is 0 Å². The number of nitrogens with one attached hydrogen (secondary N) is 1. The molecule has 1 aromatic heterocycles. The predicted octanol–water partition coefficient (Wildman–Crippen LogP) is 3.68. The van der Waals surface area contributed by atoms with Crippen LogP contribution >= 0.6 is 0 Å². The van der Waals surface area contributed by atoms with E-state index in [0.29, 0.717) is 16.8 Å². The van der Waals surface area contributed by atoms with Crippen molar-refractivity contribution < 1.29 is 9.60 Å². The molecule has 3 rings (SSSR count). The van der Waals surface area contributed by atoms with E-state index in [1.54, 1.807) is 24.3 Å². The Morgan fingerprint density at radius 1 is 1.14 bits per heavy atom. The molecular formula is C17H16FN3O. The molecule has 22 heavy (non-hydrogen) atoms. The molecule has 4 nitrogen and oxygen atoms in total. The van der Waals surface area contributed by atoms with Crippen molar-refractivity contribution in [2.75, 3.05) is 0 Å². The Kier molecular flexibility index (Phi) is 3.41. The standard InChI is InChI=1S/C17H16FN3O/c1-10(2)16-9-15(20-17(19)21(16)22)13-7-8-14(18)12-6-4-3-5-11(12)13/h3-10,19,22H,1-2H3. The maximum Gasteiger partial charge on any atom is 0.256 e. The van der Waals surface area contributed by atoms with Crippen molar-refractivity contribution in [1.29, 1.82) is 5.41 Å². The summed E-state index contributed by atoms with van der Waals surface area (Å²) in [7, 11) is 0. The van der Waals surface area contributed by atoms with Gasteiger partial charge in [0.2, 0.25) is 0 Å². The van der Waals surface area contributed by atoms with Crippen molar-refractivity contribution >= 4 is 10.8 Å². The van der Waals surface area contributed by atoms with Gasteiger partial charge < -0.3 is 5.21 Å². The van der Waals surface area contributed by atoms with Gasteiger partial charge in [0.1, 0.15) is 5.82 Å². The van der Waals surface area contributed by atoms with Crippen molar-refractivity contribution in [1.82, 2.24) is 9.71 Å². The van der Waals surface area contributed by atoms with Crippen molar-refractivity contribution in [3.05, 3.63) is 59.6 Å². The second kappa shape index (κ2) is 5.26. The smallest absolute Gasteiger partial charge is 0.256 e. The first-order valence-corrected chi connectivity index (χ1v) is 7.04. The lowest BCUT2D eigenvalue weighted by atomic mass is 10.00. The summed E-state index contributed by atoms with van der Waals surface area (Å²) in [5, 5.41) is 19.0. The predicted molar refractivity (Wildman–Crippen MR) is 82.3 cm³/mol. The quantitative estimate of drug-likeness (QED) is 0.709. The van der Waals surface area contributed by atoms with Crippen molar-refractivity contribution in [3.8, 4) is 11.3 Å². The number of halogens is 1. The van der Waals surface area contributed by atoms with Crippen LogP contribution in [0.15, 0.2) is 42.5 Å². The van der Waals surface area contributed by atoms with Gasteiger partial charge in [-0.05, 0) is 29.5 Å². The zero-order valence-electron chi connectivity index (χ0n) is 12.3. The SMILES string of the molecule is CC(C)c1cc(-c2ccc(F)c3ccccc23)nc(=N)n1O. The molecule has 0 spiro atoms. The molecule has 112 valence electrons. The molecule has 0 radical (unpaired) electrons. The van der Waals surface area contributed by atoms with Gasteiger partial charge in [-0.2, -0.15) is 4.73 Å². The van der Waals surface area contributed by atoms with E-state index in [-0.39, 0.29) is 17.4 Å². The Morgan fingerprint density at radius 2 is 1.82 bits per heavy atom. The Balaban J connectivity index is 2.33. The van der Waals surface area contributed by atoms with Crippen LogP contribution in [0.25, 0.3) is 22.0 Å². The highest BCUT2D eigenvalue weighted by Gasteiger charge is 2.13. The molecular weight excluding hydrogens is 281 g/mol. The van der Waals surface area contributed by atoms with Gasteiger partial charge in [-0.25, -0.2) is 9.37 Å². The first-order valence-electron chi connectivity index (χ1n) is 7.04. The van der Waals surface area contributed by atoms with E-state index in [0.717, 1.165) is 15.7 Å². The molecule has 0 aliphatic rings. The molecule has 0 amide bonds. The number of hydrogen-bond donors (Lipinski definition) is 2. The fraction of sp³-hybridized carbons (Fsp3) is 0.176.